The van der Waals surface area contributed by atoms with Gasteiger partial charge in [0.1, 0.15) is 5.75 Å². The van der Waals surface area contributed by atoms with Crippen molar-refractivity contribution in [3.63, 3.8) is 0 Å². The summed E-state index contributed by atoms with van der Waals surface area (Å²) in [6.07, 6.45) is 6.61. The fraction of sp³-hybridized carbons (Fsp3) is 0.400. The van der Waals surface area contributed by atoms with Crippen LogP contribution in [0.15, 0.2) is 48.5 Å². The zero-order chi connectivity index (χ0) is 23.2. The summed E-state index contributed by atoms with van der Waals surface area (Å²) in [7, 11) is 1.58. The smallest absolute Gasteiger partial charge is 0.313 e. The lowest BCUT2D eigenvalue weighted by molar-refractivity contribution is -0.136. The maximum Gasteiger partial charge on any atom is 0.313 e. The number of methoxy groups -OCH3 is 1. The third kappa shape index (κ3) is 8.41. The summed E-state index contributed by atoms with van der Waals surface area (Å²) in [6.45, 7) is 2.93. The number of unbranched alkanes of at least 4 members (excludes halogenated alkanes) is 5. The molecule has 0 atom stereocenters. The molecule has 2 rings (SSSR count). The van der Waals surface area contributed by atoms with Crippen LogP contribution < -0.4 is 20.7 Å². The molecule has 2 aromatic rings. The number of benzene rings is 2. The van der Waals surface area contributed by atoms with Gasteiger partial charge in [-0.25, -0.2) is 0 Å². The fourth-order valence-corrected chi connectivity index (χ4v) is 3.22. The van der Waals surface area contributed by atoms with Crippen LogP contribution in [0.1, 0.15) is 61.4 Å². The van der Waals surface area contributed by atoms with Crippen LogP contribution >= 0.6 is 0 Å². The largest absolute Gasteiger partial charge is 0.497 e. The average molecular weight is 440 g/mol. The van der Waals surface area contributed by atoms with Gasteiger partial charge in [-0.05, 0) is 36.2 Å². The number of para-hydroxylation sites is 1. The molecular weight excluding hydrogens is 406 g/mol. The first-order valence-electron chi connectivity index (χ1n) is 11.1. The van der Waals surface area contributed by atoms with Crippen molar-refractivity contribution in [3.8, 4) is 5.75 Å². The van der Waals surface area contributed by atoms with Crippen LogP contribution in [0.2, 0.25) is 0 Å². The van der Waals surface area contributed by atoms with E-state index in [1.165, 1.54) is 19.3 Å². The fourth-order valence-electron chi connectivity index (χ4n) is 3.22. The van der Waals surface area contributed by atoms with Crippen molar-refractivity contribution in [2.75, 3.05) is 19.0 Å². The number of anilines is 1. The first-order valence-corrected chi connectivity index (χ1v) is 11.1. The van der Waals surface area contributed by atoms with Crippen molar-refractivity contribution in [1.29, 1.82) is 0 Å². The Morgan fingerprint density at radius 2 is 1.59 bits per heavy atom. The van der Waals surface area contributed by atoms with Gasteiger partial charge in [0.15, 0.2) is 0 Å². The summed E-state index contributed by atoms with van der Waals surface area (Å²) in [5.41, 5.74) is 1.45. The lowest BCUT2D eigenvalue weighted by Crippen LogP contribution is -2.36. The number of carbonyl (C=O) groups is 3. The third-order valence-corrected chi connectivity index (χ3v) is 5.03. The molecule has 0 saturated carbocycles. The molecule has 0 saturated heterocycles. The van der Waals surface area contributed by atoms with Crippen molar-refractivity contribution in [2.24, 2.45) is 0 Å². The number of rotatable bonds is 12. The van der Waals surface area contributed by atoms with Crippen LogP contribution in [-0.4, -0.2) is 31.4 Å². The standard InChI is InChI=1S/C25H33N3O4/c1-3-4-5-6-7-10-16-26-24(30)25(31)28-22-15-9-8-14-21(22)23(29)27-18-19-12-11-13-20(17-19)32-2/h8-9,11-15,17H,3-7,10,16,18H2,1-2H3,(H,26,30)(H,27,29)(H,28,31). The lowest BCUT2D eigenvalue weighted by Gasteiger charge is -2.12. The highest BCUT2D eigenvalue weighted by molar-refractivity contribution is 6.40. The van der Waals surface area contributed by atoms with E-state index >= 15 is 0 Å². The van der Waals surface area contributed by atoms with Crippen LogP contribution in [0.25, 0.3) is 0 Å². The van der Waals surface area contributed by atoms with E-state index in [2.05, 4.69) is 22.9 Å². The Bertz CT molecular complexity index is 898. The molecular formula is C25H33N3O4. The Kier molecular flexibility index (Phi) is 10.8. The summed E-state index contributed by atoms with van der Waals surface area (Å²) >= 11 is 0. The molecule has 32 heavy (non-hydrogen) atoms. The SMILES string of the molecule is CCCCCCCCNC(=O)C(=O)Nc1ccccc1C(=O)NCc1cccc(OC)c1. The van der Waals surface area contributed by atoms with Gasteiger partial charge in [-0.1, -0.05) is 63.3 Å². The van der Waals surface area contributed by atoms with Gasteiger partial charge in [0, 0.05) is 13.1 Å². The summed E-state index contributed by atoms with van der Waals surface area (Å²) in [5, 5.41) is 8.01. The molecule has 3 amide bonds. The predicted octanol–water partition coefficient (Wildman–Crippen LogP) is 4.04. The highest BCUT2D eigenvalue weighted by Crippen LogP contribution is 2.16. The quantitative estimate of drug-likeness (QED) is 0.343. The normalized spacial score (nSPS) is 10.3. The molecule has 0 radical (unpaired) electrons. The zero-order valence-electron chi connectivity index (χ0n) is 18.9. The maximum absolute atomic E-state index is 12.7. The molecule has 0 aliphatic heterocycles. The molecule has 0 aromatic heterocycles. The van der Waals surface area contributed by atoms with Gasteiger partial charge in [-0.3, -0.25) is 14.4 Å². The molecule has 0 unspecified atom stereocenters. The van der Waals surface area contributed by atoms with E-state index in [4.69, 9.17) is 4.74 Å². The van der Waals surface area contributed by atoms with E-state index in [1.54, 1.807) is 31.4 Å². The number of hydrogen-bond acceptors (Lipinski definition) is 4. The van der Waals surface area contributed by atoms with E-state index in [-0.39, 0.29) is 17.2 Å². The Hall–Kier alpha value is -3.35. The average Bonchev–Trinajstić information content (AvgIpc) is 2.82. The van der Waals surface area contributed by atoms with Crippen molar-refractivity contribution < 1.29 is 19.1 Å². The molecule has 0 heterocycles. The molecule has 172 valence electrons. The molecule has 7 nitrogen and oxygen atoms in total. The Balaban J connectivity index is 1.85. The molecule has 0 aliphatic carbocycles. The van der Waals surface area contributed by atoms with Gasteiger partial charge in [0.05, 0.1) is 18.4 Å². The van der Waals surface area contributed by atoms with Gasteiger partial charge in [0.25, 0.3) is 5.91 Å². The van der Waals surface area contributed by atoms with Crippen LogP contribution in [0, 0.1) is 0 Å². The van der Waals surface area contributed by atoms with Crippen molar-refractivity contribution in [2.45, 2.75) is 52.0 Å². The number of ether oxygens (including phenoxy) is 1. The molecule has 7 heteroatoms. The molecule has 0 fully saturated rings. The number of hydrogen-bond donors (Lipinski definition) is 3. The first kappa shape index (κ1) is 24.9. The van der Waals surface area contributed by atoms with Gasteiger partial charge in [-0.15, -0.1) is 0 Å². The van der Waals surface area contributed by atoms with Crippen molar-refractivity contribution in [3.05, 3.63) is 59.7 Å². The predicted molar refractivity (Wildman–Crippen MR) is 126 cm³/mol. The van der Waals surface area contributed by atoms with E-state index in [9.17, 15) is 14.4 Å². The Labute approximate surface area is 189 Å². The van der Waals surface area contributed by atoms with E-state index in [0.717, 1.165) is 24.8 Å². The topological polar surface area (TPSA) is 96.5 Å². The molecule has 0 aliphatic rings. The highest BCUT2D eigenvalue weighted by atomic mass is 16.5. The maximum atomic E-state index is 12.7. The van der Waals surface area contributed by atoms with Crippen molar-refractivity contribution >= 4 is 23.4 Å². The zero-order valence-corrected chi connectivity index (χ0v) is 18.9. The minimum atomic E-state index is -0.788. The van der Waals surface area contributed by atoms with Crippen LogP contribution in [0.4, 0.5) is 5.69 Å². The highest BCUT2D eigenvalue weighted by Gasteiger charge is 2.17. The van der Waals surface area contributed by atoms with E-state index < -0.39 is 11.8 Å². The summed E-state index contributed by atoms with van der Waals surface area (Å²) in [5.74, 6) is -1.14. The minimum absolute atomic E-state index is 0.285. The van der Waals surface area contributed by atoms with E-state index in [0.29, 0.717) is 18.8 Å². The molecule has 0 spiro atoms. The van der Waals surface area contributed by atoms with Crippen LogP contribution in [-0.2, 0) is 16.1 Å². The van der Waals surface area contributed by atoms with Gasteiger partial charge >= 0.3 is 11.8 Å². The van der Waals surface area contributed by atoms with Crippen LogP contribution in [0.5, 0.6) is 5.75 Å². The van der Waals surface area contributed by atoms with Gasteiger partial charge in [-0.2, -0.15) is 0 Å². The molecule has 0 bridgehead atoms. The Morgan fingerprint density at radius 1 is 0.844 bits per heavy atom. The number of nitrogens with one attached hydrogen (secondary N) is 3. The summed E-state index contributed by atoms with van der Waals surface area (Å²) in [4.78, 5) is 37.0. The molecule has 3 N–H and O–H groups in total. The number of amides is 3. The van der Waals surface area contributed by atoms with Gasteiger partial charge < -0.3 is 20.7 Å². The lowest BCUT2D eigenvalue weighted by atomic mass is 10.1. The second-order valence-corrected chi connectivity index (χ2v) is 7.56. The second-order valence-electron chi connectivity index (χ2n) is 7.56. The minimum Gasteiger partial charge on any atom is -0.497 e. The number of carbonyl (C=O) groups excluding carboxylic acids is 3. The first-order chi connectivity index (χ1) is 15.5. The Morgan fingerprint density at radius 3 is 2.38 bits per heavy atom. The van der Waals surface area contributed by atoms with Crippen LogP contribution in [0.3, 0.4) is 0 Å². The summed E-state index contributed by atoms with van der Waals surface area (Å²) < 4.78 is 5.19. The second kappa shape index (κ2) is 13.9. The van der Waals surface area contributed by atoms with E-state index in [1.807, 2.05) is 24.3 Å². The van der Waals surface area contributed by atoms with Crippen molar-refractivity contribution in [1.82, 2.24) is 10.6 Å². The summed E-state index contributed by atoms with van der Waals surface area (Å²) in [6, 6.07) is 14.0. The third-order valence-electron chi connectivity index (χ3n) is 5.03. The molecule has 2 aromatic carbocycles. The monoisotopic (exact) mass is 439 g/mol. The van der Waals surface area contributed by atoms with Gasteiger partial charge in [0.2, 0.25) is 0 Å².